The van der Waals surface area contributed by atoms with Crippen molar-refractivity contribution in [2.45, 2.75) is 25.8 Å². The minimum absolute atomic E-state index is 0.0811. The van der Waals surface area contributed by atoms with Gasteiger partial charge < -0.3 is 14.3 Å². The Morgan fingerprint density at radius 3 is 2.37 bits per heavy atom. The molecular weight excluding hydrogens is 401 g/mol. The molecule has 3 aromatic rings. The highest BCUT2D eigenvalue weighted by Crippen LogP contribution is 2.22. The fourth-order valence-electron chi connectivity index (χ4n) is 2.45. The summed E-state index contributed by atoms with van der Waals surface area (Å²) in [5.41, 5.74) is 1.84. The molecule has 10 heteroatoms. The van der Waals surface area contributed by atoms with Gasteiger partial charge in [-0.2, -0.15) is 5.10 Å². The molecule has 3 heterocycles. The van der Waals surface area contributed by atoms with E-state index in [9.17, 15) is 13.2 Å². The van der Waals surface area contributed by atoms with Crippen LogP contribution in [0.2, 0.25) is 0 Å². The number of pyridine rings is 1. The molecular formula is C20H19F3N4O3. The largest absolute Gasteiger partial charge is 0.573 e. The van der Waals surface area contributed by atoms with Gasteiger partial charge in [-0.1, -0.05) is 23.4 Å². The van der Waals surface area contributed by atoms with Gasteiger partial charge in [0.25, 0.3) is 0 Å². The van der Waals surface area contributed by atoms with Gasteiger partial charge in [0.1, 0.15) is 17.6 Å². The summed E-state index contributed by atoms with van der Waals surface area (Å²) in [5, 5.41) is 7.97. The van der Waals surface area contributed by atoms with E-state index < -0.39 is 6.36 Å². The molecule has 0 fully saturated rings. The highest BCUT2D eigenvalue weighted by atomic mass is 19.4. The Morgan fingerprint density at radius 2 is 1.83 bits per heavy atom. The molecule has 1 atom stereocenters. The molecule has 1 aliphatic heterocycles. The third kappa shape index (κ3) is 6.50. The summed E-state index contributed by atoms with van der Waals surface area (Å²) in [6.07, 6.45) is 1.54. The maximum Gasteiger partial charge on any atom is 0.573 e. The average molecular weight is 420 g/mol. The van der Waals surface area contributed by atoms with Crippen LogP contribution in [-0.4, -0.2) is 33.1 Å². The van der Waals surface area contributed by atoms with Crippen LogP contribution in [0.4, 0.5) is 13.2 Å². The Balaban J connectivity index is 0.000000199. The summed E-state index contributed by atoms with van der Waals surface area (Å²) >= 11 is 0. The van der Waals surface area contributed by atoms with Crippen molar-refractivity contribution in [3.63, 3.8) is 0 Å². The zero-order valence-electron chi connectivity index (χ0n) is 16.2. The second kappa shape index (κ2) is 9.29. The van der Waals surface area contributed by atoms with Crippen LogP contribution in [0.25, 0.3) is 11.3 Å². The smallest absolute Gasteiger partial charge is 0.438 e. The van der Waals surface area contributed by atoms with Crippen LogP contribution < -0.4 is 9.47 Å². The van der Waals surface area contributed by atoms with Crippen LogP contribution in [0.15, 0.2) is 66.2 Å². The molecule has 0 spiro atoms. The number of alkyl halides is 3. The van der Waals surface area contributed by atoms with Gasteiger partial charge in [-0.15, -0.1) is 13.2 Å². The number of rotatable bonds is 3. The molecule has 0 aliphatic carbocycles. The predicted octanol–water partition coefficient (Wildman–Crippen LogP) is 4.57. The molecule has 1 unspecified atom stereocenters. The number of benzene rings is 1. The van der Waals surface area contributed by atoms with Gasteiger partial charge in [0, 0.05) is 18.8 Å². The number of nitrogens with zero attached hydrogens (tertiary/aromatic N) is 4. The molecule has 158 valence electrons. The lowest BCUT2D eigenvalue weighted by atomic mass is 10.2. The topological polar surface area (TPSA) is 70.8 Å². The number of para-hydroxylation sites is 1. The first-order valence-electron chi connectivity index (χ1n) is 8.95. The van der Waals surface area contributed by atoms with Crippen LogP contribution in [0.3, 0.4) is 0 Å². The first-order valence-corrected chi connectivity index (χ1v) is 8.95. The number of aromatic nitrogens is 3. The van der Waals surface area contributed by atoms with Gasteiger partial charge in [-0.25, -0.2) is 0 Å². The van der Waals surface area contributed by atoms with E-state index in [4.69, 9.17) is 9.57 Å². The molecule has 0 saturated carbocycles. The van der Waals surface area contributed by atoms with E-state index in [1.807, 2.05) is 32.3 Å². The Labute approximate surface area is 170 Å². The molecule has 2 aromatic heterocycles. The molecule has 1 aliphatic rings. The number of hydrogen-bond acceptors (Lipinski definition) is 6. The zero-order valence-corrected chi connectivity index (χ0v) is 16.2. The minimum Gasteiger partial charge on any atom is -0.438 e. The highest BCUT2D eigenvalue weighted by molar-refractivity contribution is 5.79. The Kier molecular flexibility index (Phi) is 6.55. The predicted molar refractivity (Wildman–Crippen MR) is 103 cm³/mol. The standard InChI is InChI=1S/C13H14N4O2.C7H5F3O/c1-9-5-13(16-19-9)18-11-3-4-12(14-7-11)10-6-15-17(2)8-10;8-7(9,10)11-6-4-2-1-3-5-6/h3-4,6-9H,5H2,1-2H3;1-5H. The van der Waals surface area contributed by atoms with Crippen molar-refractivity contribution in [2.75, 3.05) is 0 Å². The van der Waals surface area contributed by atoms with Crippen molar-refractivity contribution in [1.82, 2.24) is 14.8 Å². The maximum absolute atomic E-state index is 11.5. The second-order valence-electron chi connectivity index (χ2n) is 6.35. The average Bonchev–Trinajstić information content (AvgIpc) is 3.31. The maximum atomic E-state index is 11.5. The molecule has 0 bridgehead atoms. The van der Waals surface area contributed by atoms with Gasteiger partial charge in [-0.3, -0.25) is 9.67 Å². The normalized spacial score (nSPS) is 15.5. The fraction of sp³-hybridized carbons (Fsp3) is 0.250. The number of ether oxygens (including phenoxy) is 2. The number of hydrogen-bond donors (Lipinski definition) is 0. The molecule has 0 radical (unpaired) electrons. The Morgan fingerprint density at radius 1 is 1.07 bits per heavy atom. The molecule has 7 nitrogen and oxygen atoms in total. The summed E-state index contributed by atoms with van der Waals surface area (Å²) in [6, 6.07) is 10.8. The monoisotopic (exact) mass is 420 g/mol. The van der Waals surface area contributed by atoms with Crippen molar-refractivity contribution < 1.29 is 27.5 Å². The second-order valence-corrected chi connectivity index (χ2v) is 6.35. The number of halogens is 3. The van der Waals surface area contributed by atoms with E-state index in [1.54, 1.807) is 23.1 Å². The van der Waals surface area contributed by atoms with Gasteiger partial charge >= 0.3 is 6.36 Å². The summed E-state index contributed by atoms with van der Waals surface area (Å²) in [5.74, 6) is 1.05. The molecule has 1 aromatic carbocycles. The molecule has 0 saturated heterocycles. The van der Waals surface area contributed by atoms with Crippen LogP contribution >= 0.6 is 0 Å². The summed E-state index contributed by atoms with van der Waals surface area (Å²) in [4.78, 5) is 9.41. The zero-order chi connectivity index (χ0) is 21.6. The Hall–Kier alpha value is -3.56. The third-order valence-electron chi connectivity index (χ3n) is 3.75. The molecule has 30 heavy (non-hydrogen) atoms. The summed E-state index contributed by atoms with van der Waals surface area (Å²) < 4.78 is 45.5. The first kappa shape index (κ1) is 21.2. The van der Waals surface area contributed by atoms with Gasteiger partial charge in [0.05, 0.1) is 24.5 Å². The van der Waals surface area contributed by atoms with E-state index in [1.165, 1.54) is 24.3 Å². The van der Waals surface area contributed by atoms with Crippen LogP contribution in [0.1, 0.15) is 13.3 Å². The molecule has 0 N–H and O–H groups in total. The van der Waals surface area contributed by atoms with E-state index in [-0.39, 0.29) is 11.9 Å². The quantitative estimate of drug-likeness (QED) is 0.621. The van der Waals surface area contributed by atoms with E-state index >= 15 is 0 Å². The van der Waals surface area contributed by atoms with Crippen molar-refractivity contribution in [3.8, 4) is 22.8 Å². The van der Waals surface area contributed by atoms with Crippen molar-refractivity contribution in [3.05, 3.63) is 61.1 Å². The van der Waals surface area contributed by atoms with Gasteiger partial charge in [-0.05, 0) is 31.2 Å². The van der Waals surface area contributed by atoms with Crippen molar-refractivity contribution in [1.29, 1.82) is 0 Å². The number of aryl methyl sites for hydroxylation is 1. The van der Waals surface area contributed by atoms with Crippen LogP contribution in [0, 0.1) is 0 Å². The van der Waals surface area contributed by atoms with Crippen LogP contribution in [-0.2, 0) is 11.9 Å². The lowest BCUT2D eigenvalue weighted by molar-refractivity contribution is -0.274. The third-order valence-corrected chi connectivity index (χ3v) is 3.75. The minimum atomic E-state index is -4.60. The van der Waals surface area contributed by atoms with Gasteiger partial charge in [0.15, 0.2) is 0 Å². The van der Waals surface area contributed by atoms with E-state index in [0.29, 0.717) is 18.1 Å². The Bertz CT molecular complexity index is 973. The molecule has 0 amide bonds. The van der Waals surface area contributed by atoms with E-state index in [2.05, 4.69) is 20.0 Å². The van der Waals surface area contributed by atoms with E-state index in [0.717, 1.165) is 11.3 Å². The van der Waals surface area contributed by atoms with Crippen molar-refractivity contribution >= 4 is 5.90 Å². The SMILES string of the molecule is CC1CC(Oc2ccc(-c3cnn(C)c3)nc2)=NO1.FC(F)(F)Oc1ccccc1. The first-order chi connectivity index (χ1) is 14.3. The summed E-state index contributed by atoms with van der Waals surface area (Å²) in [7, 11) is 1.88. The summed E-state index contributed by atoms with van der Waals surface area (Å²) in [6.45, 7) is 1.95. The lowest BCUT2D eigenvalue weighted by Crippen LogP contribution is -2.16. The lowest BCUT2D eigenvalue weighted by Gasteiger charge is -2.07. The molecule has 4 rings (SSSR count). The van der Waals surface area contributed by atoms with Crippen LogP contribution in [0.5, 0.6) is 11.5 Å². The van der Waals surface area contributed by atoms with Crippen molar-refractivity contribution in [2.24, 2.45) is 12.2 Å². The number of oxime groups is 1. The highest BCUT2D eigenvalue weighted by Gasteiger charge is 2.30. The fourth-order valence-corrected chi connectivity index (χ4v) is 2.45. The van der Waals surface area contributed by atoms with Gasteiger partial charge in [0.2, 0.25) is 5.90 Å².